The number of hydrogen-bond acceptors (Lipinski definition) is 6. The fraction of sp³-hybridized carbons (Fsp3) is 0.304. The zero-order valence-electron chi connectivity index (χ0n) is 17.3. The molecule has 0 aromatic heterocycles. The second-order valence-corrected chi connectivity index (χ2v) is 6.72. The van der Waals surface area contributed by atoms with Crippen LogP contribution in [-0.4, -0.2) is 51.3 Å². The van der Waals surface area contributed by atoms with Crippen LogP contribution in [0.3, 0.4) is 0 Å². The zero-order chi connectivity index (χ0) is 21.5. The maximum absolute atomic E-state index is 12.4. The van der Waals surface area contributed by atoms with Gasteiger partial charge in [0.1, 0.15) is 5.75 Å². The average molecular weight is 411 g/mol. The van der Waals surface area contributed by atoms with Crippen molar-refractivity contribution in [2.45, 2.75) is 13.0 Å². The number of esters is 1. The molecule has 1 aliphatic rings. The van der Waals surface area contributed by atoms with Crippen molar-refractivity contribution >= 4 is 18.0 Å². The molecular formula is C23H25NO6. The molecule has 1 aliphatic heterocycles. The Morgan fingerprint density at radius 3 is 2.33 bits per heavy atom. The summed E-state index contributed by atoms with van der Waals surface area (Å²) in [6.07, 6.45) is 3.60. The van der Waals surface area contributed by atoms with E-state index in [4.69, 9.17) is 18.9 Å². The summed E-state index contributed by atoms with van der Waals surface area (Å²) in [6, 6.07) is 11.4. The first-order valence-electron chi connectivity index (χ1n) is 9.55. The Morgan fingerprint density at radius 1 is 0.967 bits per heavy atom. The standard InChI is InChI=1S/C23H25NO6/c1-27-19-13-21(29-3)20(28-2)12-17(19)8-9-23(26)30-15-22(25)24-11-10-16-6-4-5-7-18(16)14-24/h4-9,12-13H,10-11,14-15H2,1-3H3/b9-8+. The second-order valence-electron chi connectivity index (χ2n) is 6.72. The van der Waals surface area contributed by atoms with Gasteiger partial charge in [-0.2, -0.15) is 0 Å². The van der Waals surface area contributed by atoms with Gasteiger partial charge in [0.25, 0.3) is 5.91 Å². The van der Waals surface area contributed by atoms with E-state index in [1.165, 1.54) is 33.0 Å². The summed E-state index contributed by atoms with van der Waals surface area (Å²) in [5.74, 6) is 0.710. The molecule has 0 N–H and O–H groups in total. The van der Waals surface area contributed by atoms with E-state index in [-0.39, 0.29) is 12.5 Å². The predicted molar refractivity (Wildman–Crippen MR) is 112 cm³/mol. The van der Waals surface area contributed by atoms with Gasteiger partial charge in [0.2, 0.25) is 0 Å². The van der Waals surface area contributed by atoms with Crippen molar-refractivity contribution in [3.8, 4) is 17.2 Å². The number of rotatable bonds is 7. The molecular weight excluding hydrogens is 386 g/mol. The molecule has 0 unspecified atom stereocenters. The molecule has 0 saturated heterocycles. The predicted octanol–water partition coefficient (Wildman–Crippen LogP) is 2.85. The third-order valence-electron chi connectivity index (χ3n) is 4.96. The summed E-state index contributed by atoms with van der Waals surface area (Å²) in [4.78, 5) is 26.2. The summed E-state index contributed by atoms with van der Waals surface area (Å²) in [7, 11) is 4.57. The molecule has 0 spiro atoms. The van der Waals surface area contributed by atoms with Crippen molar-refractivity contribution in [1.82, 2.24) is 4.90 Å². The van der Waals surface area contributed by atoms with Crippen LogP contribution in [0.5, 0.6) is 17.2 Å². The first kappa shape index (κ1) is 21.2. The molecule has 7 heteroatoms. The first-order chi connectivity index (χ1) is 14.5. The highest BCUT2D eigenvalue weighted by molar-refractivity contribution is 5.90. The third kappa shape index (κ3) is 4.92. The van der Waals surface area contributed by atoms with Crippen LogP contribution < -0.4 is 14.2 Å². The zero-order valence-corrected chi connectivity index (χ0v) is 17.3. The molecule has 0 aliphatic carbocycles. The summed E-state index contributed by atoms with van der Waals surface area (Å²) >= 11 is 0. The Bertz CT molecular complexity index is 953. The molecule has 1 amide bonds. The minimum absolute atomic E-state index is 0.213. The topological polar surface area (TPSA) is 74.3 Å². The van der Waals surface area contributed by atoms with E-state index >= 15 is 0 Å². The lowest BCUT2D eigenvalue weighted by atomic mass is 10.00. The normalized spacial score (nSPS) is 13.0. The van der Waals surface area contributed by atoms with Crippen LogP contribution in [0.2, 0.25) is 0 Å². The first-order valence-corrected chi connectivity index (χ1v) is 9.55. The van der Waals surface area contributed by atoms with Gasteiger partial charge in [-0.25, -0.2) is 4.79 Å². The largest absolute Gasteiger partial charge is 0.496 e. The van der Waals surface area contributed by atoms with Gasteiger partial charge < -0.3 is 23.8 Å². The smallest absolute Gasteiger partial charge is 0.331 e. The van der Waals surface area contributed by atoms with Crippen molar-refractivity contribution in [2.24, 2.45) is 0 Å². The van der Waals surface area contributed by atoms with Crippen LogP contribution in [0.1, 0.15) is 16.7 Å². The third-order valence-corrected chi connectivity index (χ3v) is 4.96. The lowest BCUT2D eigenvalue weighted by molar-refractivity contribution is -0.148. The maximum Gasteiger partial charge on any atom is 0.331 e. The van der Waals surface area contributed by atoms with Crippen LogP contribution >= 0.6 is 0 Å². The molecule has 0 radical (unpaired) electrons. The molecule has 2 aromatic rings. The molecule has 7 nitrogen and oxygen atoms in total. The van der Waals surface area contributed by atoms with E-state index in [0.717, 1.165) is 12.0 Å². The fourth-order valence-corrected chi connectivity index (χ4v) is 3.32. The monoisotopic (exact) mass is 411 g/mol. The van der Waals surface area contributed by atoms with Crippen LogP contribution in [0.15, 0.2) is 42.5 Å². The Hall–Kier alpha value is -3.48. The molecule has 3 rings (SSSR count). The van der Waals surface area contributed by atoms with E-state index in [2.05, 4.69) is 6.07 Å². The molecule has 1 heterocycles. The van der Waals surface area contributed by atoms with Crippen molar-refractivity contribution in [2.75, 3.05) is 34.5 Å². The number of amides is 1. The van der Waals surface area contributed by atoms with Gasteiger partial charge in [-0.05, 0) is 29.7 Å². The van der Waals surface area contributed by atoms with Crippen molar-refractivity contribution in [3.05, 3.63) is 59.2 Å². The van der Waals surface area contributed by atoms with Crippen LogP contribution in [0, 0.1) is 0 Å². The molecule has 2 aromatic carbocycles. The minimum Gasteiger partial charge on any atom is -0.496 e. The number of fused-ring (bicyclic) bond motifs is 1. The van der Waals surface area contributed by atoms with Gasteiger partial charge in [-0.3, -0.25) is 4.79 Å². The number of benzene rings is 2. The summed E-state index contributed by atoms with van der Waals surface area (Å²) in [5.41, 5.74) is 3.00. The highest BCUT2D eigenvalue weighted by Crippen LogP contribution is 2.35. The summed E-state index contributed by atoms with van der Waals surface area (Å²) < 4.78 is 21.0. The van der Waals surface area contributed by atoms with Gasteiger partial charge in [0, 0.05) is 30.8 Å². The highest BCUT2D eigenvalue weighted by atomic mass is 16.5. The minimum atomic E-state index is -0.613. The van der Waals surface area contributed by atoms with Gasteiger partial charge in [-0.1, -0.05) is 24.3 Å². The molecule has 0 saturated carbocycles. The summed E-state index contributed by atoms with van der Waals surface area (Å²) in [6.45, 7) is 0.853. The Morgan fingerprint density at radius 2 is 1.63 bits per heavy atom. The van der Waals surface area contributed by atoms with E-state index in [1.807, 2.05) is 18.2 Å². The molecule has 0 atom stereocenters. The molecule has 0 bridgehead atoms. The van der Waals surface area contributed by atoms with Gasteiger partial charge in [0.15, 0.2) is 18.1 Å². The van der Waals surface area contributed by atoms with E-state index in [0.29, 0.717) is 35.9 Å². The number of carbonyl (C=O) groups excluding carboxylic acids is 2. The SMILES string of the molecule is COc1cc(OC)c(OC)cc1/C=C/C(=O)OCC(=O)N1CCc2ccccc2C1. The number of carbonyl (C=O) groups is 2. The highest BCUT2D eigenvalue weighted by Gasteiger charge is 2.21. The molecule has 158 valence electrons. The van der Waals surface area contributed by atoms with Crippen LogP contribution in [0.4, 0.5) is 0 Å². The lowest BCUT2D eigenvalue weighted by Gasteiger charge is -2.28. The molecule has 30 heavy (non-hydrogen) atoms. The van der Waals surface area contributed by atoms with Crippen LogP contribution in [-0.2, 0) is 27.3 Å². The number of ether oxygens (including phenoxy) is 4. The Kier molecular flexibility index (Phi) is 6.95. The number of nitrogens with zero attached hydrogens (tertiary/aromatic N) is 1. The van der Waals surface area contributed by atoms with Crippen LogP contribution in [0.25, 0.3) is 6.08 Å². The van der Waals surface area contributed by atoms with E-state index in [1.54, 1.807) is 23.1 Å². The maximum atomic E-state index is 12.4. The van der Waals surface area contributed by atoms with Crippen molar-refractivity contribution in [1.29, 1.82) is 0 Å². The number of hydrogen-bond donors (Lipinski definition) is 0. The van der Waals surface area contributed by atoms with Gasteiger partial charge >= 0.3 is 5.97 Å². The van der Waals surface area contributed by atoms with Gasteiger partial charge in [-0.15, -0.1) is 0 Å². The Labute approximate surface area is 175 Å². The molecule has 0 fully saturated rings. The summed E-state index contributed by atoms with van der Waals surface area (Å²) in [5, 5.41) is 0. The fourth-order valence-electron chi connectivity index (χ4n) is 3.32. The number of methoxy groups -OCH3 is 3. The van der Waals surface area contributed by atoms with Gasteiger partial charge in [0.05, 0.1) is 21.3 Å². The second kappa shape index (κ2) is 9.82. The Balaban J connectivity index is 1.58. The van der Waals surface area contributed by atoms with E-state index in [9.17, 15) is 9.59 Å². The van der Waals surface area contributed by atoms with Crippen molar-refractivity contribution in [3.63, 3.8) is 0 Å². The van der Waals surface area contributed by atoms with E-state index < -0.39 is 5.97 Å². The quantitative estimate of drug-likeness (QED) is 0.515. The average Bonchev–Trinajstić information content (AvgIpc) is 2.80. The van der Waals surface area contributed by atoms with Crippen molar-refractivity contribution < 1.29 is 28.5 Å². The lowest BCUT2D eigenvalue weighted by Crippen LogP contribution is -2.38.